The molecule has 1 saturated heterocycles. The van der Waals surface area contributed by atoms with Crippen LogP contribution in [0.1, 0.15) is 13.8 Å². The van der Waals surface area contributed by atoms with E-state index in [1.165, 1.54) is 6.92 Å². The number of hydrogen-bond acceptors (Lipinski definition) is 6. The predicted molar refractivity (Wildman–Crippen MR) is 59.7 cm³/mol. The molecule has 9 heteroatoms. The molecular formula is C9H17NO7P+. The minimum atomic E-state index is -2.95. The molecule has 0 aromatic heterocycles. The highest BCUT2D eigenvalue weighted by molar-refractivity contribution is 7.32. The second-order valence-corrected chi connectivity index (χ2v) is 4.77. The Bertz CT molecular complexity index is 326. The van der Waals surface area contributed by atoms with Crippen LogP contribution in [0.3, 0.4) is 0 Å². The fraction of sp³-hybridized carbons (Fsp3) is 0.889. The summed E-state index contributed by atoms with van der Waals surface area (Å²) in [6.45, 7) is 2.42. The van der Waals surface area contributed by atoms with Crippen molar-refractivity contribution in [2.45, 2.75) is 44.3 Å². The molecule has 1 fully saturated rings. The van der Waals surface area contributed by atoms with Crippen LogP contribution in [0.5, 0.6) is 0 Å². The zero-order valence-corrected chi connectivity index (χ0v) is 10.9. The number of ether oxygens (including phenoxy) is 1. The molecular weight excluding hydrogens is 265 g/mol. The number of nitrogens with one attached hydrogen (secondary N) is 1. The summed E-state index contributed by atoms with van der Waals surface area (Å²) in [7, 11) is -2.95. The minimum Gasteiger partial charge on any atom is -0.394 e. The number of carbonyl (C=O) groups is 1. The summed E-state index contributed by atoms with van der Waals surface area (Å²) in [4.78, 5) is 19.7. The third-order valence-electron chi connectivity index (χ3n) is 2.73. The zero-order valence-electron chi connectivity index (χ0n) is 10.0. The SMILES string of the molecule is CC(=O)NC1C(C)OC(CO)C(O[P+](=O)O)C1O. The quantitative estimate of drug-likeness (QED) is 0.470. The van der Waals surface area contributed by atoms with Crippen molar-refractivity contribution in [3.05, 3.63) is 0 Å². The third kappa shape index (κ3) is 3.68. The van der Waals surface area contributed by atoms with Crippen LogP contribution in [0, 0.1) is 0 Å². The maximum atomic E-state index is 11.0. The van der Waals surface area contributed by atoms with Gasteiger partial charge in [-0.05, 0) is 6.92 Å². The van der Waals surface area contributed by atoms with Crippen LogP contribution in [0.2, 0.25) is 0 Å². The summed E-state index contributed by atoms with van der Waals surface area (Å²) in [5.41, 5.74) is 0. The van der Waals surface area contributed by atoms with Crippen LogP contribution in [0.15, 0.2) is 0 Å². The lowest BCUT2D eigenvalue weighted by molar-refractivity contribution is -0.183. The first-order valence-electron chi connectivity index (χ1n) is 5.41. The average Bonchev–Trinajstić information content (AvgIpc) is 2.27. The molecule has 1 amide bonds. The van der Waals surface area contributed by atoms with Gasteiger partial charge in [-0.15, -0.1) is 9.42 Å². The number of aliphatic hydroxyl groups is 2. The van der Waals surface area contributed by atoms with Gasteiger partial charge in [0.1, 0.15) is 12.2 Å². The Labute approximate surface area is 105 Å². The smallest absolute Gasteiger partial charge is 0.394 e. The number of rotatable bonds is 4. The van der Waals surface area contributed by atoms with E-state index in [4.69, 9.17) is 14.7 Å². The molecule has 8 nitrogen and oxygen atoms in total. The van der Waals surface area contributed by atoms with Crippen LogP contribution < -0.4 is 5.32 Å². The van der Waals surface area contributed by atoms with Crippen LogP contribution in [0.4, 0.5) is 0 Å². The van der Waals surface area contributed by atoms with Crippen molar-refractivity contribution in [2.75, 3.05) is 6.61 Å². The molecule has 6 unspecified atom stereocenters. The molecule has 0 radical (unpaired) electrons. The van der Waals surface area contributed by atoms with Crippen LogP contribution in [-0.4, -0.2) is 58.1 Å². The van der Waals surface area contributed by atoms with E-state index in [0.29, 0.717) is 0 Å². The Morgan fingerprint density at radius 1 is 1.56 bits per heavy atom. The molecule has 18 heavy (non-hydrogen) atoms. The van der Waals surface area contributed by atoms with Gasteiger partial charge in [-0.2, -0.15) is 0 Å². The fourth-order valence-electron chi connectivity index (χ4n) is 1.96. The van der Waals surface area contributed by atoms with Gasteiger partial charge in [0.15, 0.2) is 6.10 Å². The molecule has 4 N–H and O–H groups in total. The van der Waals surface area contributed by atoms with Crippen molar-refractivity contribution in [1.82, 2.24) is 5.32 Å². The first-order chi connectivity index (χ1) is 8.36. The summed E-state index contributed by atoms with van der Waals surface area (Å²) < 4.78 is 20.7. The molecule has 1 rings (SSSR count). The van der Waals surface area contributed by atoms with Gasteiger partial charge in [0.2, 0.25) is 5.91 Å². The van der Waals surface area contributed by atoms with Gasteiger partial charge in [0.25, 0.3) is 0 Å². The summed E-state index contributed by atoms with van der Waals surface area (Å²) in [6, 6.07) is -0.773. The van der Waals surface area contributed by atoms with Crippen LogP contribution in [0.25, 0.3) is 0 Å². The highest BCUT2D eigenvalue weighted by atomic mass is 31.1. The Balaban J connectivity index is 2.84. The first-order valence-corrected chi connectivity index (χ1v) is 6.54. The van der Waals surface area contributed by atoms with Gasteiger partial charge < -0.3 is 20.3 Å². The number of amides is 1. The van der Waals surface area contributed by atoms with Crippen molar-refractivity contribution in [3.63, 3.8) is 0 Å². The molecule has 104 valence electrons. The van der Waals surface area contributed by atoms with E-state index in [0.717, 1.165) is 0 Å². The Morgan fingerprint density at radius 2 is 2.17 bits per heavy atom. The maximum Gasteiger partial charge on any atom is 0.695 e. The average molecular weight is 282 g/mol. The predicted octanol–water partition coefficient (Wildman–Crippen LogP) is -1.33. The fourth-order valence-corrected chi connectivity index (χ4v) is 2.43. The maximum absolute atomic E-state index is 11.0. The van der Waals surface area contributed by atoms with Crippen LogP contribution >= 0.6 is 8.25 Å². The molecule has 1 heterocycles. The number of carbonyl (C=O) groups excluding carboxylic acids is 1. The Hall–Kier alpha value is -0.630. The van der Waals surface area contributed by atoms with Crippen molar-refractivity contribution in [1.29, 1.82) is 0 Å². The topological polar surface area (TPSA) is 125 Å². The van der Waals surface area contributed by atoms with E-state index in [1.54, 1.807) is 6.92 Å². The van der Waals surface area contributed by atoms with E-state index >= 15 is 0 Å². The van der Waals surface area contributed by atoms with Gasteiger partial charge in [0.05, 0.1) is 18.8 Å². The summed E-state index contributed by atoms with van der Waals surface area (Å²) in [6.07, 6.45) is -3.92. The second kappa shape index (κ2) is 6.51. The first kappa shape index (κ1) is 15.4. The van der Waals surface area contributed by atoms with Gasteiger partial charge in [-0.25, -0.2) is 0 Å². The van der Waals surface area contributed by atoms with E-state index in [2.05, 4.69) is 9.84 Å². The molecule has 6 atom stereocenters. The van der Waals surface area contributed by atoms with Gasteiger partial charge in [-0.1, -0.05) is 0 Å². The summed E-state index contributed by atoms with van der Waals surface area (Å²) in [5, 5.41) is 21.6. The normalized spacial score (nSPS) is 37.2. The summed E-state index contributed by atoms with van der Waals surface area (Å²) in [5.74, 6) is -0.371. The molecule has 0 aromatic rings. The lowest BCUT2D eigenvalue weighted by Crippen LogP contribution is -2.63. The van der Waals surface area contributed by atoms with Gasteiger partial charge in [-0.3, -0.25) is 4.79 Å². The Morgan fingerprint density at radius 3 is 2.61 bits per heavy atom. The largest absolute Gasteiger partial charge is 0.695 e. The molecule has 0 aromatic carbocycles. The highest BCUT2D eigenvalue weighted by Crippen LogP contribution is 2.29. The highest BCUT2D eigenvalue weighted by Gasteiger charge is 2.48. The minimum absolute atomic E-state index is 0.371. The van der Waals surface area contributed by atoms with Gasteiger partial charge >= 0.3 is 8.25 Å². The van der Waals surface area contributed by atoms with Crippen molar-refractivity contribution < 1.29 is 33.7 Å². The van der Waals surface area contributed by atoms with E-state index < -0.39 is 45.3 Å². The molecule has 1 aliphatic heterocycles. The number of hydrogen-bond donors (Lipinski definition) is 4. The lowest BCUT2D eigenvalue weighted by atomic mass is 9.93. The van der Waals surface area contributed by atoms with Crippen molar-refractivity contribution in [3.8, 4) is 0 Å². The monoisotopic (exact) mass is 282 g/mol. The summed E-state index contributed by atoms with van der Waals surface area (Å²) >= 11 is 0. The molecule has 0 spiro atoms. The molecule has 0 aliphatic carbocycles. The standard InChI is InChI=1S/C9H16NO7P/c1-4-7(10-5(2)12)8(13)9(17-18(14)15)6(3-11)16-4/h4,6-9,11,13H,3H2,1-2H3,(H-,10,12,14,15)/p+1. The van der Waals surface area contributed by atoms with Crippen molar-refractivity contribution in [2.24, 2.45) is 0 Å². The third-order valence-corrected chi connectivity index (χ3v) is 3.15. The van der Waals surface area contributed by atoms with Crippen molar-refractivity contribution >= 4 is 14.2 Å². The molecule has 1 aliphatic rings. The molecule has 0 bridgehead atoms. The Kier molecular flexibility index (Phi) is 5.58. The van der Waals surface area contributed by atoms with Crippen LogP contribution in [-0.2, 0) is 18.6 Å². The van der Waals surface area contributed by atoms with Gasteiger partial charge in [0, 0.05) is 11.5 Å². The lowest BCUT2D eigenvalue weighted by Gasteiger charge is -2.40. The van der Waals surface area contributed by atoms with E-state index in [9.17, 15) is 14.5 Å². The van der Waals surface area contributed by atoms with E-state index in [1.807, 2.05) is 0 Å². The van der Waals surface area contributed by atoms with E-state index in [-0.39, 0.29) is 5.91 Å². The number of aliphatic hydroxyl groups excluding tert-OH is 2. The zero-order chi connectivity index (χ0) is 13.9. The molecule has 0 saturated carbocycles. The second-order valence-electron chi connectivity index (χ2n) is 4.09.